The third-order valence-corrected chi connectivity index (χ3v) is 10.9. The van der Waals surface area contributed by atoms with E-state index in [1.807, 2.05) is 23.5 Å². The lowest BCUT2D eigenvalue weighted by Gasteiger charge is -2.28. The lowest BCUT2D eigenvalue weighted by Crippen LogP contribution is -2.39. The number of allylic oxidation sites excluding steroid dienone is 3. The summed E-state index contributed by atoms with van der Waals surface area (Å²) in [6.07, 6.45) is 7.28. The molecule has 0 saturated carbocycles. The molecule has 10 rings (SSSR count). The molecule has 3 heterocycles. The van der Waals surface area contributed by atoms with Gasteiger partial charge in [-0.3, -0.25) is 0 Å². The minimum Gasteiger partial charge on any atom is -0.328 e. The summed E-state index contributed by atoms with van der Waals surface area (Å²) in [6, 6.07) is 47.5. The number of benzene rings is 6. The summed E-state index contributed by atoms with van der Waals surface area (Å²) in [5.41, 5.74) is 5.92. The molecule has 6 aromatic carbocycles. The molecule has 0 fully saturated rings. The van der Waals surface area contributed by atoms with Gasteiger partial charge in [0.05, 0.1) is 15.7 Å². The number of aromatic nitrogens is 1. The molecule has 4 nitrogen and oxygen atoms in total. The van der Waals surface area contributed by atoms with Gasteiger partial charge in [-0.2, -0.15) is 0 Å². The molecule has 228 valence electrons. The van der Waals surface area contributed by atoms with Crippen molar-refractivity contribution in [2.75, 3.05) is 0 Å². The van der Waals surface area contributed by atoms with Crippen LogP contribution in [0.25, 0.3) is 58.4 Å². The van der Waals surface area contributed by atoms with Gasteiger partial charge >= 0.3 is 0 Å². The Morgan fingerprint density at radius 3 is 2.12 bits per heavy atom. The summed E-state index contributed by atoms with van der Waals surface area (Å²) in [6.45, 7) is 0. The van der Waals surface area contributed by atoms with Crippen LogP contribution in [0.1, 0.15) is 23.7 Å². The quantitative estimate of drug-likeness (QED) is 0.206. The van der Waals surface area contributed by atoms with Crippen molar-refractivity contribution < 1.29 is 0 Å². The van der Waals surface area contributed by atoms with Crippen LogP contribution < -0.4 is 5.32 Å². The average Bonchev–Trinajstić information content (AvgIpc) is 3.73. The molecular weight excluding hydrogens is 605 g/mol. The Balaban J connectivity index is 1.16. The fourth-order valence-electron chi connectivity index (χ4n) is 7.61. The SMILES string of the molecule is C1=CC(C2=NC(c3ccccc3)N=C(c3ccccc3)N2)CC(n2c3ccccc3c3c4ccccc4c4c5ccccc5sc4c32)=C1. The molecule has 2 aliphatic rings. The first kappa shape index (κ1) is 27.3. The minimum absolute atomic E-state index is 0.0555. The summed E-state index contributed by atoms with van der Waals surface area (Å²) >= 11 is 1.91. The van der Waals surface area contributed by atoms with E-state index in [2.05, 4.69) is 149 Å². The molecule has 0 saturated heterocycles. The zero-order valence-corrected chi connectivity index (χ0v) is 26.9. The second kappa shape index (κ2) is 10.9. The summed E-state index contributed by atoms with van der Waals surface area (Å²) in [7, 11) is 0. The number of amidine groups is 2. The Morgan fingerprint density at radius 1 is 0.646 bits per heavy atom. The van der Waals surface area contributed by atoms with E-state index in [1.54, 1.807) is 0 Å². The van der Waals surface area contributed by atoms with Gasteiger partial charge in [-0.1, -0.05) is 133 Å². The Hall–Kier alpha value is -5.78. The molecule has 0 amide bonds. The zero-order chi connectivity index (χ0) is 31.6. The highest BCUT2D eigenvalue weighted by molar-refractivity contribution is 7.27. The van der Waals surface area contributed by atoms with E-state index in [9.17, 15) is 0 Å². The molecule has 2 aromatic heterocycles. The molecule has 1 N–H and O–H groups in total. The van der Waals surface area contributed by atoms with E-state index >= 15 is 0 Å². The molecule has 1 aliphatic carbocycles. The molecule has 8 aromatic rings. The fourth-order valence-corrected chi connectivity index (χ4v) is 8.87. The van der Waals surface area contributed by atoms with Crippen LogP contribution in [0, 0.1) is 5.92 Å². The van der Waals surface area contributed by atoms with Gasteiger partial charge in [-0.25, -0.2) is 9.98 Å². The Morgan fingerprint density at radius 2 is 1.31 bits per heavy atom. The smallest absolute Gasteiger partial charge is 0.169 e. The van der Waals surface area contributed by atoms with Crippen LogP contribution in [0.2, 0.25) is 0 Å². The number of fused-ring (bicyclic) bond motifs is 10. The van der Waals surface area contributed by atoms with Crippen LogP contribution in [-0.4, -0.2) is 16.2 Å². The topological polar surface area (TPSA) is 41.7 Å². The van der Waals surface area contributed by atoms with E-state index < -0.39 is 0 Å². The summed E-state index contributed by atoms with van der Waals surface area (Å²) < 4.78 is 5.19. The van der Waals surface area contributed by atoms with Crippen molar-refractivity contribution in [2.45, 2.75) is 12.6 Å². The number of aliphatic imine (C=N–C) groups is 2. The lowest BCUT2D eigenvalue weighted by molar-refractivity contribution is 0.719. The number of hydrogen-bond donors (Lipinski definition) is 1. The molecular formula is C43H30N4S. The minimum atomic E-state index is -0.307. The van der Waals surface area contributed by atoms with Gasteiger partial charge in [0.1, 0.15) is 11.7 Å². The number of hydrogen-bond acceptors (Lipinski definition) is 4. The van der Waals surface area contributed by atoms with Crippen molar-refractivity contribution in [3.05, 3.63) is 163 Å². The Kier molecular flexibility index (Phi) is 6.21. The van der Waals surface area contributed by atoms with Crippen molar-refractivity contribution in [2.24, 2.45) is 15.9 Å². The van der Waals surface area contributed by atoms with Gasteiger partial charge in [0.15, 0.2) is 6.17 Å². The maximum absolute atomic E-state index is 5.24. The lowest BCUT2D eigenvalue weighted by atomic mass is 9.95. The van der Waals surface area contributed by atoms with Crippen molar-refractivity contribution in [3.8, 4) is 0 Å². The van der Waals surface area contributed by atoms with Gasteiger partial charge in [-0.15, -0.1) is 11.3 Å². The van der Waals surface area contributed by atoms with Gasteiger partial charge in [0.2, 0.25) is 0 Å². The maximum atomic E-state index is 5.24. The number of para-hydroxylation sites is 1. The molecule has 2 unspecified atom stereocenters. The van der Waals surface area contributed by atoms with E-state index in [-0.39, 0.29) is 12.1 Å². The van der Waals surface area contributed by atoms with Crippen molar-refractivity contribution in [1.29, 1.82) is 0 Å². The molecule has 5 heteroatoms. The zero-order valence-electron chi connectivity index (χ0n) is 26.0. The van der Waals surface area contributed by atoms with Crippen LogP contribution in [0.5, 0.6) is 0 Å². The first-order valence-electron chi connectivity index (χ1n) is 16.5. The van der Waals surface area contributed by atoms with Crippen LogP contribution in [0.3, 0.4) is 0 Å². The highest BCUT2D eigenvalue weighted by atomic mass is 32.1. The predicted molar refractivity (Wildman–Crippen MR) is 204 cm³/mol. The molecule has 2 atom stereocenters. The standard InChI is InChI=1S/C43H30N4S/c1-3-14-27(15-4-1)41-44-42(28-16-5-2-6-17-28)46-43(45-41)29-18-13-19-30(26-29)47-35-24-11-9-22-33(35)37-31-20-7-8-21-32(31)38-34-23-10-12-25-36(34)48-40(38)39(37)47/h1-25,29,41H,26H2,(H,44,45,46). The monoisotopic (exact) mass is 634 g/mol. The highest BCUT2D eigenvalue weighted by Crippen LogP contribution is 2.48. The normalized spacial score (nSPS) is 18.0. The van der Waals surface area contributed by atoms with Crippen LogP contribution >= 0.6 is 11.3 Å². The van der Waals surface area contributed by atoms with Gasteiger partial charge in [-0.05, 0) is 34.5 Å². The molecule has 1 aliphatic heterocycles. The van der Waals surface area contributed by atoms with Crippen LogP contribution in [0.15, 0.2) is 162 Å². The Labute approximate surface area is 281 Å². The van der Waals surface area contributed by atoms with Gasteiger partial charge in [0, 0.05) is 49.8 Å². The van der Waals surface area contributed by atoms with E-state index in [0.717, 1.165) is 29.2 Å². The van der Waals surface area contributed by atoms with Crippen molar-refractivity contribution in [1.82, 2.24) is 9.88 Å². The maximum Gasteiger partial charge on any atom is 0.169 e. The molecule has 0 bridgehead atoms. The highest BCUT2D eigenvalue weighted by Gasteiger charge is 2.28. The molecule has 0 radical (unpaired) electrons. The second-order valence-corrected chi connectivity index (χ2v) is 13.6. The van der Waals surface area contributed by atoms with E-state index in [0.29, 0.717) is 0 Å². The van der Waals surface area contributed by atoms with Crippen LogP contribution in [0.4, 0.5) is 0 Å². The summed E-state index contributed by atoms with van der Waals surface area (Å²) in [4.78, 5) is 10.3. The van der Waals surface area contributed by atoms with Crippen LogP contribution in [-0.2, 0) is 0 Å². The first-order valence-corrected chi connectivity index (χ1v) is 17.3. The van der Waals surface area contributed by atoms with Gasteiger partial charge < -0.3 is 9.88 Å². The van der Waals surface area contributed by atoms with Gasteiger partial charge in [0.25, 0.3) is 0 Å². The second-order valence-electron chi connectivity index (χ2n) is 12.5. The average molecular weight is 635 g/mol. The fraction of sp³-hybridized carbons (Fsp3) is 0.0698. The van der Waals surface area contributed by atoms with E-state index in [4.69, 9.17) is 9.98 Å². The first-order chi connectivity index (χ1) is 23.8. The third kappa shape index (κ3) is 4.21. The molecule has 0 spiro atoms. The number of thiophene rings is 1. The van der Waals surface area contributed by atoms with E-state index in [1.165, 1.54) is 58.4 Å². The number of rotatable bonds is 4. The molecule has 48 heavy (non-hydrogen) atoms. The van der Waals surface area contributed by atoms with Crippen molar-refractivity contribution in [3.63, 3.8) is 0 Å². The Bertz CT molecular complexity index is 2670. The predicted octanol–water partition coefficient (Wildman–Crippen LogP) is 10.9. The summed E-state index contributed by atoms with van der Waals surface area (Å²) in [5.74, 6) is 1.85. The summed E-state index contributed by atoms with van der Waals surface area (Å²) in [5, 5.41) is 11.6. The largest absolute Gasteiger partial charge is 0.328 e. The van der Waals surface area contributed by atoms with Crippen molar-refractivity contribution >= 4 is 81.5 Å². The number of nitrogens with one attached hydrogen (secondary N) is 1. The number of nitrogens with zero attached hydrogens (tertiary/aromatic N) is 3. The third-order valence-electron chi connectivity index (χ3n) is 9.75.